The second-order valence-corrected chi connectivity index (χ2v) is 6.64. The van der Waals surface area contributed by atoms with Gasteiger partial charge in [-0.2, -0.15) is 9.29 Å². The van der Waals surface area contributed by atoms with E-state index in [-0.39, 0.29) is 23.4 Å². The third-order valence-electron chi connectivity index (χ3n) is 3.09. The topological polar surface area (TPSA) is 125 Å². The van der Waals surface area contributed by atoms with Crippen molar-refractivity contribution in [2.75, 3.05) is 37.7 Å². The van der Waals surface area contributed by atoms with E-state index in [4.69, 9.17) is 5.73 Å². The van der Waals surface area contributed by atoms with Gasteiger partial charge in [0, 0.05) is 26.2 Å². The zero-order valence-corrected chi connectivity index (χ0v) is 12.1. The normalized spacial score (nSPS) is 17.4. The van der Waals surface area contributed by atoms with E-state index in [0.717, 1.165) is 0 Å². The molecule has 0 aromatic carbocycles. The summed E-state index contributed by atoms with van der Waals surface area (Å²) in [4.78, 5) is 17.4. The number of nitrogens with two attached hydrogens (primary N) is 1. The summed E-state index contributed by atoms with van der Waals surface area (Å²) < 4.78 is 25.3. The molecule has 2 heterocycles. The van der Waals surface area contributed by atoms with Gasteiger partial charge < -0.3 is 10.6 Å². The van der Waals surface area contributed by atoms with Gasteiger partial charge in [0.15, 0.2) is 0 Å². The second-order valence-electron chi connectivity index (χ2n) is 4.55. The molecule has 0 atom stereocenters. The number of amides is 1. The molecule has 1 amide bonds. The predicted molar refractivity (Wildman–Crippen MR) is 72.3 cm³/mol. The van der Waals surface area contributed by atoms with Crippen LogP contribution in [0.1, 0.15) is 24.0 Å². The fraction of sp³-hybridized carbons (Fsp3) is 0.700. The first-order valence-corrected chi connectivity index (χ1v) is 8.00. The molecule has 1 aromatic rings. The highest BCUT2D eigenvalue weighted by atomic mass is 32.2. The van der Waals surface area contributed by atoms with Gasteiger partial charge in [0.1, 0.15) is 0 Å². The maximum Gasteiger partial charge on any atom is 0.291 e. The molecule has 0 unspecified atom stereocenters. The van der Waals surface area contributed by atoms with E-state index in [1.165, 1.54) is 9.21 Å². The van der Waals surface area contributed by atoms with Gasteiger partial charge in [-0.15, -0.1) is 5.10 Å². The van der Waals surface area contributed by atoms with Gasteiger partial charge in [0.2, 0.25) is 21.8 Å². The lowest BCUT2D eigenvalue weighted by molar-refractivity contribution is 0.0686. The molecule has 0 saturated carbocycles. The molecular weight excluding hydrogens is 284 g/mol. The first-order valence-electron chi connectivity index (χ1n) is 6.39. The lowest BCUT2D eigenvalue weighted by Crippen LogP contribution is -2.51. The summed E-state index contributed by atoms with van der Waals surface area (Å²) in [7, 11) is -3.20. The summed E-state index contributed by atoms with van der Waals surface area (Å²) in [6.07, 6.45) is 0.582. The number of nitrogens with zero attached hydrogens (tertiary/aromatic N) is 4. The summed E-state index contributed by atoms with van der Waals surface area (Å²) in [6, 6.07) is 0. The number of anilines is 1. The van der Waals surface area contributed by atoms with E-state index < -0.39 is 10.0 Å². The van der Waals surface area contributed by atoms with Crippen LogP contribution in [-0.2, 0) is 10.0 Å². The Kier molecular flexibility index (Phi) is 4.23. The molecule has 1 aromatic heterocycles. The van der Waals surface area contributed by atoms with Gasteiger partial charge in [-0.3, -0.25) is 9.89 Å². The molecule has 20 heavy (non-hydrogen) atoms. The number of sulfonamides is 1. The second kappa shape index (κ2) is 5.75. The number of hydrogen-bond donors (Lipinski definition) is 2. The Morgan fingerprint density at radius 2 is 2.00 bits per heavy atom. The zero-order valence-electron chi connectivity index (χ0n) is 11.2. The number of nitrogens with one attached hydrogen (secondary N) is 1. The van der Waals surface area contributed by atoms with Crippen LogP contribution in [0.4, 0.5) is 5.95 Å². The molecule has 10 heteroatoms. The first kappa shape index (κ1) is 14.7. The van der Waals surface area contributed by atoms with Crippen molar-refractivity contribution < 1.29 is 13.2 Å². The Labute approximate surface area is 117 Å². The molecule has 0 aliphatic carbocycles. The van der Waals surface area contributed by atoms with Crippen LogP contribution < -0.4 is 5.73 Å². The quantitative estimate of drug-likeness (QED) is 0.726. The number of rotatable bonds is 4. The van der Waals surface area contributed by atoms with E-state index in [9.17, 15) is 13.2 Å². The monoisotopic (exact) mass is 302 g/mol. The minimum Gasteiger partial charge on any atom is -0.366 e. The van der Waals surface area contributed by atoms with Crippen LogP contribution in [0, 0.1) is 0 Å². The van der Waals surface area contributed by atoms with Crippen LogP contribution in [0.5, 0.6) is 0 Å². The minimum atomic E-state index is -3.20. The fourth-order valence-electron chi connectivity index (χ4n) is 2.08. The zero-order chi connectivity index (χ0) is 14.8. The number of hydrogen-bond acceptors (Lipinski definition) is 6. The van der Waals surface area contributed by atoms with E-state index >= 15 is 0 Å². The number of piperazine rings is 1. The Bertz CT molecular complexity index is 576. The standard InChI is InChI=1S/C10H18N6O3S/c1-2-7-20(18,19)16-5-3-15(4-6-16)9(17)8-12-10(11)14-13-8/h2-7H2,1H3,(H3,11,12,13,14). The summed E-state index contributed by atoms with van der Waals surface area (Å²) in [5.74, 6) is -0.0915. The van der Waals surface area contributed by atoms with Crippen LogP contribution >= 0.6 is 0 Å². The van der Waals surface area contributed by atoms with E-state index in [0.29, 0.717) is 32.6 Å². The van der Waals surface area contributed by atoms with Crippen LogP contribution in [0.2, 0.25) is 0 Å². The smallest absolute Gasteiger partial charge is 0.291 e. The van der Waals surface area contributed by atoms with E-state index in [1.807, 2.05) is 6.92 Å². The molecule has 1 saturated heterocycles. The number of aromatic nitrogens is 3. The van der Waals surface area contributed by atoms with Gasteiger partial charge in [-0.1, -0.05) is 6.92 Å². The Morgan fingerprint density at radius 3 is 2.50 bits per heavy atom. The molecule has 1 aliphatic rings. The maximum absolute atomic E-state index is 12.1. The van der Waals surface area contributed by atoms with Crippen molar-refractivity contribution in [1.29, 1.82) is 0 Å². The fourth-order valence-corrected chi connectivity index (χ4v) is 3.57. The first-order chi connectivity index (χ1) is 9.44. The Balaban J connectivity index is 1.96. The summed E-state index contributed by atoms with van der Waals surface area (Å²) in [6.45, 7) is 3.10. The van der Waals surface area contributed by atoms with Crippen molar-refractivity contribution in [3.8, 4) is 0 Å². The molecule has 0 radical (unpaired) electrons. The number of carbonyl (C=O) groups excluding carboxylic acids is 1. The van der Waals surface area contributed by atoms with Gasteiger partial charge in [-0.05, 0) is 6.42 Å². The maximum atomic E-state index is 12.1. The van der Waals surface area contributed by atoms with Crippen molar-refractivity contribution >= 4 is 21.9 Å². The van der Waals surface area contributed by atoms with E-state index in [2.05, 4.69) is 15.2 Å². The third kappa shape index (κ3) is 3.07. The van der Waals surface area contributed by atoms with Crippen molar-refractivity contribution in [3.05, 3.63) is 5.82 Å². The average Bonchev–Trinajstić information content (AvgIpc) is 2.85. The Morgan fingerprint density at radius 1 is 1.35 bits per heavy atom. The summed E-state index contributed by atoms with van der Waals surface area (Å²) >= 11 is 0. The van der Waals surface area contributed by atoms with Crippen LogP contribution in [0.25, 0.3) is 0 Å². The van der Waals surface area contributed by atoms with Crippen LogP contribution in [0.3, 0.4) is 0 Å². The van der Waals surface area contributed by atoms with Crippen molar-refractivity contribution in [1.82, 2.24) is 24.4 Å². The summed E-state index contributed by atoms with van der Waals surface area (Å²) in [5.41, 5.74) is 5.35. The van der Waals surface area contributed by atoms with Gasteiger partial charge in [0.05, 0.1) is 5.75 Å². The highest BCUT2D eigenvalue weighted by Gasteiger charge is 2.29. The lowest BCUT2D eigenvalue weighted by Gasteiger charge is -2.33. The molecular formula is C10H18N6O3S. The average molecular weight is 302 g/mol. The van der Waals surface area contributed by atoms with Crippen molar-refractivity contribution in [2.45, 2.75) is 13.3 Å². The largest absolute Gasteiger partial charge is 0.366 e. The number of H-pyrrole nitrogens is 1. The van der Waals surface area contributed by atoms with Gasteiger partial charge in [0.25, 0.3) is 5.91 Å². The van der Waals surface area contributed by atoms with Crippen molar-refractivity contribution in [2.24, 2.45) is 0 Å². The number of nitrogen functional groups attached to an aromatic ring is 1. The molecule has 0 spiro atoms. The van der Waals surface area contributed by atoms with Crippen LogP contribution in [0.15, 0.2) is 0 Å². The molecule has 3 N–H and O–H groups in total. The number of carbonyl (C=O) groups is 1. The molecule has 2 rings (SSSR count). The molecule has 0 bridgehead atoms. The van der Waals surface area contributed by atoms with Gasteiger partial charge in [-0.25, -0.2) is 8.42 Å². The molecule has 1 aliphatic heterocycles. The minimum absolute atomic E-state index is 0.0116. The summed E-state index contributed by atoms with van der Waals surface area (Å²) in [5, 5.41) is 6.05. The van der Waals surface area contributed by atoms with Crippen molar-refractivity contribution in [3.63, 3.8) is 0 Å². The van der Waals surface area contributed by atoms with Gasteiger partial charge >= 0.3 is 0 Å². The van der Waals surface area contributed by atoms with E-state index in [1.54, 1.807) is 0 Å². The highest BCUT2D eigenvalue weighted by molar-refractivity contribution is 7.89. The molecule has 9 nitrogen and oxygen atoms in total. The molecule has 112 valence electrons. The number of aromatic amines is 1. The SMILES string of the molecule is CCCS(=O)(=O)N1CCN(C(=O)c2nc(N)n[nH]2)CC1. The Hall–Kier alpha value is -1.68. The third-order valence-corrected chi connectivity index (χ3v) is 5.16. The van der Waals surface area contributed by atoms with Crippen LogP contribution in [-0.4, -0.2) is 70.6 Å². The highest BCUT2D eigenvalue weighted by Crippen LogP contribution is 2.11. The molecule has 1 fully saturated rings. The lowest BCUT2D eigenvalue weighted by atomic mass is 10.3. The predicted octanol–water partition coefficient (Wildman–Crippen LogP) is -1.12.